The van der Waals surface area contributed by atoms with Gasteiger partial charge in [0.2, 0.25) is 11.8 Å². The molecule has 0 saturated carbocycles. The van der Waals surface area contributed by atoms with Crippen molar-refractivity contribution in [3.05, 3.63) is 70.8 Å². The molecule has 0 aliphatic carbocycles. The van der Waals surface area contributed by atoms with Crippen molar-refractivity contribution in [2.45, 2.75) is 44.9 Å². The first kappa shape index (κ1) is 27.7. The van der Waals surface area contributed by atoms with Gasteiger partial charge in [0, 0.05) is 39.0 Å². The fourth-order valence-corrected chi connectivity index (χ4v) is 4.72. The third kappa shape index (κ3) is 6.57. The maximum Gasteiger partial charge on any atom is 0.261 e. The SMILES string of the molecule is O=C(CCN1C(=O)c2ccccc2C1=O)NCCCCCCCNC(=O)CCN1C(=O)c2ccccc2C1=O. The molecular formula is C29H32N4O6. The van der Waals surface area contributed by atoms with E-state index in [1.54, 1.807) is 48.5 Å². The van der Waals surface area contributed by atoms with Crippen molar-refractivity contribution < 1.29 is 28.8 Å². The van der Waals surface area contributed by atoms with Gasteiger partial charge in [-0.05, 0) is 37.1 Å². The molecule has 2 aromatic rings. The van der Waals surface area contributed by atoms with Crippen LogP contribution in [0.3, 0.4) is 0 Å². The zero-order chi connectivity index (χ0) is 27.8. The second kappa shape index (κ2) is 12.9. The molecule has 0 unspecified atom stereocenters. The lowest BCUT2D eigenvalue weighted by Crippen LogP contribution is -2.34. The summed E-state index contributed by atoms with van der Waals surface area (Å²) in [4.78, 5) is 75.8. The molecule has 0 spiro atoms. The molecule has 2 aromatic carbocycles. The number of fused-ring (bicyclic) bond motifs is 2. The molecule has 0 fully saturated rings. The summed E-state index contributed by atoms with van der Waals surface area (Å²) in [5.74, 6) is -1.83. The van der Waals surface area contributed by atoms with Gasteiger partial charge < -0.3 is 10.6 Å². The van der Waals surface area contributed by atoms with Crippen LogP contribution in [0.25, 0.3) is 0 Å². The van der Waals surface area contributed by atoms with Crippen molar-refractivity contribution >= 4 is 35.4 Å². The number of amides is 6. The minimum absolute atomic E-state index is 0.0577. The predicted molar refractivity (Wildman–Crippen MR) is 142 cm³/mol. The highest BCUT2D eigenvalue weighted by Gasteiger charge is 2.36. The molecule has 0 saturated heterocycles. The Morgan fingerprint density at radius 1 is 0.513 bits per heavy atom. The first-order valence-electron chi connectivity index (χ1n) is 13.3. The quantitative estimate of drug-likeness (QED) is 0.284. The number of imide groups is 2. The molecule has 10 heteroatoms. The van der Waals surface area contributed by atoms with Crippen LogP contribution in [0.1, 0.15) is 86.4 Å². The molecule has 0 radical (unpaired) electrons. The molecule has 204 valence electrons. The topological polar surface area (TPSA) is 133 Å². The summed E-state index contributed by atoms with van der Waals surface area (Å²) in [6.45, 7) is 1.16. The monoisotopic (exact) mass is 532 g/mol. The van der Waals surface area contributed by atoms with E-state index in [2.05, 4.69) is 10.6 Å². The molecule has 4 rings (SSSR count). The third-order valence-corrected chi connectivity index (χ3v) is 6.88. The van der Waals surface area contributed by atoms with Crippen molar-refractivity contribution in [1.29, 1.82) is 0 Å². The lowest BCUT2D eigenvalue weighted by Gasteiger charge is -2.13. The van der Waals surface area contributed by atoms with Crippen LogP contribution in [0.2, 0.25) is 0 Å². The molecular weight excluding hydrogens is 500 g/mol. The maximum atomic E-state index is 12.3. The summed E-state index contributed by atoms with van der Waals surface area (Å²) in [7, 11) is 0. The number of nitrogens with zero attached hydrogens (tertiary/aromatic N) is 2. The molecule has 0 aromatic heterocycles. The van der Waals surface area contributed by atoms with Crippen molar-refractivity contribution in [1.82, 2.24) is 20.4 Å². The first-order valence-corrected chi connectivity index (χ1v) is 13.3. The number of benzene rings is 2. The summed E-state index contributed by atoms with van der Waals surface area (Å²) in [6.07, 6.45) is 4.56. The lowest BCUT2D eigenvalue weighted by atomic mass is 10.1. The van der Waals surface area contributed by atoms with Crippen molar-refractivity contribution in [3.8, 4) is 0 Å². The smallest absolute Gasteiger partial charge is 0.261 e. The van der Waals surface area contributed by atoms with Gasteiger partial charge in [-0.25, -0.2) is 0 Å². The molecule has 2 aliphatic rings. The fraction of sp³-hybridized carbons (Fsp3) is 0.379. The van der Waals surface area contributed by atoms with E-state index < -0.39 is 0 Å². The third-order valence-electron chi connectivity index (χ3n) is 6.88. The number of hydrogen-bond acceptors (Lipinski definition) is 6. The summed E-state index contributed by atoms with van der Waals surface area (Å²) in [6, 6.07) is 13.3. The van der Waals surface area contributed by atoms with E-state index in [4.69, 9.17) is 0 Å². The first-order chi connectivity index (χ1) is 18.9. The average molecular weight is 533 g/mol. The number of rotatable bonds is 14. The van der Waals surface area contributed by atoms with Gasteiger partial charge in [0.25, 0.3) is 23.6 Å². The predicted octanol–water partition coefficient (Wildman–Crippen LogP) is 2.54. The molecule has 39 heavy (non-hydrogen) atoms. The van der Waals surface area contributed by atoms with Crippen LogP contribution in [-0.4, -0.2) is 71.4 Å². The largest absolute Gasteiger partial charge is 0.356 e. The van der Waals surface area contributed by atoms with Crippen molar-refractivity contribution in [2.75, 3.05) is 26.2 Å². The normalized spacial score (nSPS) is 14.1. The highest BCUT2D eigenvalue weighted by atomic mass is 16.2. The summed E-state index contributed by atoms with van der Waals surface area (Å²) >= 11 is 0. The van der Waals surface area contributed by atoms with Crippen molar-refractivity contribution in [2.24, 2.45) is 0 Å². The Labute approximate surface area is 226 Å². The van der Waals surface area contributed by atoms with E-state index >= 15 is 0 Å². The molecule has 2 aliphatic heterocycles. The van der Waals surface area contributed by atoms with Gasteiger partial charge >= 0.3 is 0 Å². The zero-order valence-corrected chi connectivity index (χ0v) is 21.7. The average Bonchev–Trinajstić information content (AvgIpc) is 3.34. The summed E-state index contributed by atoms with van der Waals surface area (Å²) in [5, 5.41) is 5.65. The van der Waals surface area contributed by atoms with Crippen LogP contribution in [0.4, 0.5) is 0 Å². The Morgan fingerprint density at radius 3 is 1.15 bits per heavy atom. The van der Waals surface area contributed by atoms with E-state index in [9.17, 15) is 28.8 Å². The van der Waals surface area contributed by atoms with Crippen LogP contribution >= 0.6 is 0 Å². The Morgan fingerprint density at radius 2 is 0.821 bits per heavy atom. The van der Waals surface area contributed by atoms with Gasteiger partial charge in [-0.1, -0.05) is 43.5 Å². The number of unbranched alkanes of at least 4 members (excludes halogenated alkanes) is 4. The Kier molecular flexibility index (Phi) is 9.19. The van der Waals surface area contributed by atoms with Crippen LogP contribution in [0.15, 0.2) is 48.5 Å². The number of carbonyl (C=O) groups is 6. The standard InChI is InChI=1S/C29H32N4O6/c34-24(14-18-32-26(36)20-10-4-5-11-21(20)27(32)37)30-16-8-2-1-3-9-17-31-25(35)15-19-33-28(38)22-12-6-7-13-23(22)29(33)39/h4-7,10-13H,1-3,8-9,14-19H2,(H,30,34)(H,31,35). The van der Waals surface area contributed by atoms with Crippen LogP contribution in [0.5, 0.6) is 0 Å². The Balaban J connectivity index is 0.992. The van der Waals surface area contributed by atoms with E-state index in [0.717, 1.165) is 41.9 Å². The van der Waals surface area contributed by atoms with Crippen LogP contribution in [0, 0.1) is 0 Å². The minimum atomic E-state index is -0.359. The van der Waals surface area contributed by atoms with E-state index in [1.807, 2.05) is 0 Å². The molecule has 0 bridgehead atoms. The molecule has 6 amide bonds. The molecule has 0 atom stereocenters. The van der Waals surface area contributed by atoms with Crippen molar-refractivity contribution in [3.63, 3.8) is 0 Å². The number of hydrogen-bond donors (Lipinski definition) is 2. The van der Waals surface area contributed by atoms with Gasteiger partial charge in [-0.2, -0.15) is 0 Å². The maximum absolute atomic E-state index is 12.3. The second-order valence-electron chi connectivity index (χ2n) is 9.58. The molecule has 2 heterocycles. The minimum Gasteiger partial charge on any atom is -0.356 e. The highest BCUT2D eigenvalue weighted by Crippen LogP contribution is 2.23. The fourth-order valence-electron chi connectivity index (χ4n) is 4.72. The van der Waals surface area contributed by atoms with E-state index in [1.165, 1.54) is 0 Å². The Hall–Kier alpha value is -4.34. The number of nitrogens with one attached hydrogen (secondary N) is 2. The van der Waals surface area contributed by atoms with Gasteiger partial charge in [0.1, 0.15) is 0 Å². The van der Waals surface area contributed by atoms with E-state index in [-0.39, 0.29) is 61.4 Å². The number of carbonyl (C=O) groups excluding carboxylic acids is 6. The Bertz CT molecular complexity index is 1120. The van der Waals surface area contributed by atoms with Gasteiger partial charge in [0.15, 0.2) is 0 Å². The van der Waals surface area contributed by atoms with Gasteiger partial charge in [-0.15, -0.1) is 0 Å². The molecule has 10 nitrogen and oxygen atoms in total. The van der Waals surface area contributed by atoms with Gasteiger partial charge in [0.05, 0.1) is 22.3 Å². The zero-order valence-electron chi connectivity index (χ0n) is 21.7. The van der Waals surface area contributed by atoms with Crippen LogP contribution in [-0.2, 0) is 9.59 Å². The summed E-state index contributed by atoms with van der Waals surface area (Å²) < 4.78 is 0. The summed E-state index contributed by atoms with van der Waals surface area (Å²) in [5.41, 5.74) is 1.51. The highest BCUT2D eigenvalue weighted by molar-refractivity contribution is 6.22. The van der Waals surface area contributed by atoms with Gasteiger partial charge in [-0.3, -0.25) is 38.6 Å². The lowest BCUT2D eigenvalue weighted by molar-refractivity contribution is -0.122. The second-order valence-corrected chi connectivity index (χ2v) is 9.58. The molecule has 2 N–H and O–H groups in total. The van der Waals surface area contributed by atoms with E-state index in [0.29, 0.717) is 35.3 Å². The van der Waals surface area contributed by atoms with Crippen LogP contribution < -0.4 is 10.6 Å².